The van der Waals surface area contributed by atoms with Gasteiger partial charge in [0, 0.05) is 43.8 Å². The van der Waals surface area contributed by atoms with Crippen LogP contribution in [-0.2, 0) is 6.54 Å². The molecule has 5 aromatic rings. The smallest absolute Gasteiger partial charge is 0.234 e. The number of nitrogens with one attached hydrogen (secondary N) is 1. The van der Waals surface area contributed by atoms with Crippen molar-refractivity contribution in [2.45, 2.75) is 32.4 Å². The number of imidazole rings is 1. The molecule has 1 aliphatic rings. The number of hydrogen-bond donors (Lipinski definition) is 2. The van der Waals surface area contributed by atoms with E-state index in [2.05, 4.69) is 55.5 Å². The Kier molecular flexibility index (Phi) is 6.94. The Morgan fingerprint density at radius 3 is 2.51 bits per heavy atom. The maximum atomic E-state index is 9.52. The number of nitrogens with two attached hydrogens (primary N) is 1. The summed E-state index contributed by atoms with van der Waals surface area (Å²) < 4.78 is 1.97. The first-order valence-corrected chi connectivity index (χ1v) is 13.3. The fourth-order valence-corrected chi connectivity index (χ4v) is 5.18. The Balaban J connectivity index is 1.21. The van der Waals surface area contributed by atoms with Gasteiger partial charge in [0.1, 0.15) is 29.3 Å². The van der Waals surface area contributed by atoms with Crippen LogP contribution in [0.15, 0.2) is 60.9 Å². The molecule has 1 aromatic carbocycles. The quantitative estimate of drug-likeness (QED) is 0.322. The van der Waals surface area contributed by atoms with Gasteiger partial charge in [0.25, 0.3) is 0 Å². The average Bonchev–Trinajstić information content (AvgIpc) is 3.36. The molecule has 41 heavy (non-hydrogen) atoms. The van der Waals surface area contributed by atoms with Crippen LogP contribution in [0.4, 0.5) is 11.6 Å². The lowest BCUT2D eigenvalue weighted by molar-refractivity contribution is 0.211. The number of nitrogens with zero attached hydrogens (tertiary/aromatic N) is 9. The zero-order valence-corrected chi connectivity index (χ0v) is 22.5. The molecule has 202 valence electrons. The lowest BCUT2D eigenvalue weighted by Gasteiger charge is -2.32. The van der Waals surface area contributed by atoms with E-state index in [0.29, 0.717) is 51.5 Å². The van der Waals surface area contributed by atoms with Gasteiger partial charge in [-0.2, -0.15) is 10.5 Å². The first kappa shape index (κ1) is 25.9. The Bertz CT molecular complexity index is 1800. The third-order valence-electron chi connectivity index (χ3n) is 7.32. The summed E-state index contributed by atoms with van der Waals surface area (Å²) >= 11 is 0. The van der Waals surface area contributed by atoms with Crippen molar-refractivity contribution in [3.63, 3.8) is 0 Å². The highest BCUT2D eigenvalue weighted by molar-refractivity contribution is 5.83. The molecule has 6 rings (SSSR count). The van der Waals surface area contributed by atoms with Crippen molar-refractivity contribution in [2.24, 2.45) is 0 Å². The molecule has 11 heteroatoms. The molecule has 3 N–H and O–H groups in total. The molecule has 0 bridgehead atoms. The fraction of sp³-hybridized carbons (Fsp3) is 0.233. The molecular formula is C30H27N11. The van der Waals surface area contributed by atoms with E-state index in [1.54, 1.807) is 24.5 Å². The van der Waals surface area contributed by atoms with Crippen molar-refractivity contribution < 1.29 is 0 Å². The number of pyridine rings is 2. The summed E-state index contributed by atoms with van der Waals surface area (Å²) in [6, 6.07) is 20.2. The molecule has 0 amide bonds. The summed E-state index contributed by atoms with van der Waals surface area (Å²) in [5.41, 5.74) is 11.5. The van der Waals surface area contributed by atoms with Gasteiger partial charge in [0.15, 0.2) is 11.5 Å². The number of anilines is 2. The number of aromatic nitrogens is 6. The Morgan fingerprint density at radius 2 is 1.78 bits per heavy atom. The van der Waals surface area contributed by atoms with Crippen LogP contribution < -0.4 is 11.1 Å². The van der Waals surface area contributed by atoms with Crippen LogP contribution in [0, 0.1) is 29.6 Å². The van der Waals surface area contributed by atoms with E-state index in [1.807, 2.05) is 29.7 Å². The lowest BCUT2D eigenvalue weighted by Crippen LogP contribution is -2.38. The lowest BCUT2D eigenvalue weighted by atomic mass is 10.0. The molecule has 1 aliphatic heterocycles. The van der Waals surface area contributed by atoms with Gasteiger partial charge in [-0.15, -0.1) is 0 Å². The highest BCUT2D eigenvalue weighted by atomic mass is 15.2. The van der Waals surface area contributed by atoms with Crippen LogP contribution in [0.2, 0.25) is 0 Å². The molecule has 0 saturated carbocycles. The molecule has 5 heterocycles. The maximum absolute atomic E-state index is 9.52. The summed E-state index contributed by atoms with van der Waals surface area (Å²) in [6.07, 6.45) is 5.22. The van der Waals surface area contributed by atoms with Crippen molar-refractivity contribution >= 4 is 22.8 Å². The average molecular weight is 542 g/mol. The second-order valence-electron chi connectivity index (χ2n) is 10.0. The highest BCUT2D eigenvalue weighted by Crippen LogP contribution is 2.31. The normalized spacial score (nSPS) is 14.0. The Hall–Kier alpha value is -5.39. The molecule has 11 nitrogen and oxygen atoms in total. The minimum Gasteiger partial charge on any atom is -0.383 e. The Morgan fingerprint density at radius 1 is 0.976 bits per heavy atom. The number of hydrogen-bond acceptors (Lipinski definition) is 10. The molecule has 0 atom stereocenters. The van der Waals surface area contributed by atoms with Gasteiger partial charge < -0.3 is 11.1 Å². The van der Waals surface area contributed by atoms with Gasteiger partial charge in [-0.25, -0.2) is 24.9 Å². The zero-order chi connectivity index (χ0) is 28.3. The van der Waals surface area contributed by atoms with Gasteiger partial charge in [-0.3, -0.25) is 9.47 Å². The molecule has 4 aromatic heterocycles. The van der Waals surface area contributed by atoms with Crippen molar-refractivity contribution in [2.75, 3.05) is 24.1 Å². The van der Waals surface area contributed by atoms with Crippen LogP contribution in [0.5, 0.6) is 0 Å². The van der Waals surface area contributed by atoms with Crippen LogP contribution in [-0.4, -0.2) is 53.5 Å². The van der Waals surface area contributed by atoms with Gasteiger partial charge in [0.05, 0.1) is 16.8 Å². The summed E-state index contributed by atoms with van der Waals surface area (Å²) in [6.45, 7) is 4.58. The topological polar surface area (TPSA) is 158 Å². The van der Waals surface area contributed by atoms with E-state index in [4.69, 9.17) is 21.0 Å². The number of nitrogen functional groups attached to an aromatic ring is 1. The highest BCUT2D eigenvalue weighted by Gasteiger charge is 2.21. The van der Waals surface area contributed by atoms with Gasteiger partial charge in [-0.05, 0) is 61.7 Å². The molecule has 0 aliphatic carbocycles. The van der Waals surface area contributed by atoms with E-state index in [-0.39, 0.29) is 5.82 Å². The van der Waals surface area contributed by atoms with Gasteiger partial charge >= 0.3 is 0 Å². The maximum Gasteiger partial charge on any atom is 0.234 e. The number of likely N-dealkylation sites (tertiary alicyclic amines) is 1. The van der Waals surface area contributed by atoms with Crippen LogP contribution in [0.25, 0.3) is 28.2 Å². The summed E-state index contributed by atoms with van der Waals surface area (Å²) in [4.78, 5) is 24.4. The molecule has 1 saturated heterocycles. The predicted molar refractivity (Wildman–Crippen MR) is 155 cm³/mol. The van der Waals surface area contributed by atoms with E-state index in [0.717, 1.165) is 38.2 Å². The summed E-state index contributed by atoms with van der Waals surface area (Å²) in [5, 5.41) is 22.0. The molecule has 0 radical (unpaired) electrons. The molecule has 0 unspecified atom stereocenters. The van der Waals surface area contributed by atoms with E-state index in [1.165, 1.54) is 5.56 Å². The SMILES string of the molecule is Cc1nc2c(cc1C#N)nc(-c1cccnc1N)n2-c1ccc(CN2CCC(Nc3ccnc(C#N)n3)CC2)cc1. The fourth-order valence-electron chi connectivity index (χ4n) is 5.18. The third-order valence-corrected chi connectivity index (χ3v) is 7.32. The number of aryl methyl sites for hydroxylation is 1. The number of fused-ring (bicyclic) bond motifs is 1. The minimum atomic E-state index is 0.174. The van der Waals surface area contributed by atoms with Gasteiger partial charge in [-0.1, -0.05) is 12.1 Å². The number of piperidine rings is 1. The minimum absolute atomic E-state index is 0.174. The first-order chi connectivity index (χ1) is 20.0. The first-order valence-electron chi connectivity index (χ1n) is 13.3. The second kappa shape index (κ2) is 11.0. The van der Waals surface area contributed by atoms with E-state index >= 15 is 0 Å². The van der Waals surface area contributed by atoms with E-state index < -0.39 is 0 Å². The third kappa shape index (κ3) is 5.26. The summed E-state index contributed by atoms with van der Waals surface area (Å²) in [5.74, 6) is 1.87. The monoisotopic (exact) mass is 541 g/mol. The van der Waals surface area contributed by atoms with Crippen LogP contribution in [0.3, 0.4) is 0 Å². The number of rotatable bonds is 6. The number of benzene rings is 1. The Labute approximate surface area is 237 Å². The number of nitriles is 2. The van der Waals surface area contributed by atoms with Crippen molar-refractivity contribution in [3.8, 4) is 29.2 Å². The van der Waals surface area contributed by atoms with Crippen molar-refractivity contribution in [1.29, 1.82) is 10.5 Å². The standard InChI is InChI=1S/C30H27N11/c1-19-21(16-31)15-25-30(36-19)41(29(38-25)24-3-2-11-35-28(24)33)23-6-4-20(5-7-23)18-40-13-9-22(10-14-40)37-26-8-12-34-27(17-32)39-26/h2-8,11-12,15,22H,9-10,13-14,18H2,1H3,(H2,33,35)(H,34,37,39). The van der Waals surface area contributed by atoms with Gasteiger partial charge in [0.2, 0.25) is 5.82 Å². The summed E-state index contributed by atoms with van der Waals surface area (Å²) in [7, 11) is 0. The second-order valence-corrected chi connectivity index (χ2v) is 10.0. The van der Waals surface area contributed by atoms with Crippen LogP contribution in [0.1, 0.15) is 35.5 Å². The van der Waals surface area contributed by atoms with E-state index in [9.17, 15) is 5.26 Å². The zero-order valence-electron chi connectivity index (χ0n) is 22.5. The van der Waals surface area contributed by atoms with Crippen molar-refractivity contribution in [1.82, 2.24) is 34.4 Å². The predicted octanol–water partition coefficient (Wildman–Crippen LogP) is 3.98. The molecule has 1 fully saturated rings. The van der Waals surface area contributed by atoms with Crippen LogP contribution >= 0.6 is 0 Å². The largest absolute Gasteiger partial charge is 0.383 e. The van der Waals surface area contributed by atoms with Crippen molar-refractivity contribution in [3.05, 3.63) is 83.6 Å². The molecular weight excluding hydrogens is 514 g/mol. The molecule has 0 spiro atoms.